The fraction of sp³-hybridized carbons (Fsp3) is 0.588. The second-order valence-electron chi connectivity index (χ2n) is 5.60. The van der Waals surface area contributed by atoms with E-state index in [9.17, 15) is 4.79 Å². The van der Waals surface area contributed by atoms with Gasteiger partial charge in [-0.05, 0) is 31.7 Å². The van der Waals surface area contributed by atoms with Crippen LogP contribution in [0.3, 0.4) is 0 Å². The molecule has 21 heavy (non-hydrogen) atoms. The molecule has 1 aromatic rings. The minimum absolute atomic E-state index is 0.117. The van der Waals surface area contributed by atoms with Crippen molar-refractivity contribution < 1.29 is 14.3 Å². The Morgan fingerprint density at radius 1 is 1.38 bits per heavy atom. The molecule has 0 bridgehead atoms. The van der Waals surface area contributed by atoms with Gasteiger partial charge in [-0.25, -0.2) is 0 Å². The zero-order valence-corrected chi connectivity index (χ0v) is 12.9. The number of hydrogen-bond donors (Lipinski definition) is 1. The molecular formula is C17H25NO3. The maximum atomic E-state index is 12.5. The highest BCUT2D eigenvalue weighted by atomic mass is 16.5. The van der Waals surface area contributed by atoms with E-state index in [1.165, 1.54) is 5.56 Å². The molecule has 2 rings (SSSR count). The van der Waals surface area contributed by atoms with Gasteiger partial charge in [-0.15, -0.1) is 0 Å². The maximum absolute atomic E-state index is 12.5. The number of rotatable bonds is 6. The predicted octanol–water partition coefficient (Wildman–Crippen LogP) is 2.67. The van der Waals surface area contributed by atoms with Gasteiger partial charge >= 0.3 is 5.97 Å². The molecular weight excluding hydrogens is 266 g/mol. The molecule has 2 atom stereocenters. The Kier molecular flexibility index (Phi) is 5.76. The zero-order chi connectivity index (χ0) is 15.1. The van der Waals surface area contributed by atoms with Gasteiger partial charge in [-0.2, -0.15) is 0 Å². The fourth-order valence-electron chi connectivity index (χ4n) is 2.98. The van der Waals surface area contributed by atoms with Crippen LogP contribution in [0, 0.1) is 0 Å². The molecule has 0 spiro atoms. The van der Waals surface area contributed by atoms with E-state index in [1.54, 1.807) is 7.11 Å². The summed E-state index contributed by atoms with van der Waals surface area (Å²) >= 11 is 0. The highest BCUT2D eigenvalue weighted by molar-refractivity contribution is 5.81. The standard InChI is InChI=1S/C17H25NO3/c1-3-21-16(19)17(11-7-10-15(12-17)20-2)18-13-14-8-5-4-6-9-14/h4-6,8-9,15,18H,3,7,10-13H2,1-2H3. The molecule has 1 fully saturated rings. The van der Waals surface area contributed by atoms with Gasteiger partial charge in [0.2, 0.25) is 0 Å². The highest BCUT2D eigenvalue weighted by Gasteiger charge is 2.43. The summed E-state index contributed by atoms with van der Waals surface area (Å²) in [5.41, 5.74) is 0.547. The molecule has 1 aliphatic carbocycles. The van der Waals surface area contributed by atoms with Crippen molar-refractivity contribution in [1.82, 2.24) is 5.32 Å². The first-order valence-corrected chi connectivity index (χ1v) is 7.69. The quantitative estimate of drug-likeness (QED) is 0.819. The van der Waals surface area contributed by atoms with E-state index in [-0.39, 0.29) is 12.1 Å². The largest absolute Gasteiger partial charge is 0.465 e. The Morgan fingerprint density at radius 2 is 2.14 bits per heavy atom. The van der Waals surface area contributed by atoms with Crippen LogP contribution in [0.1, 0.15) is 38.2 Å². The summed E-state index contributed by atoms with van der Waals surface area (Å²) in [7, 11) is 1.71. The lowest BCUT2D eigenvalue weighted by Gasteiger charge is -2.39. The van der Waals surface area contributed by atoms with Crippen LogP contribution < -0.4 is 5.32 Å². The van der Waals surface area contributed by atoms with Crippen LogP contribution >= 0.6 is 0 Å². The molecule has 0 aromatic heterocycles. The predicted molar refractivity (Wildman–Crippen MR) is 81.9 cm³/mol. The molecule has 0 aliphatic heterocycles. The third-order valence-corrected chi connectivity index (χ3v) is 4.18. The molecule has 1 aromatic carbocycles. The van der Waals surface area contributed by atoms with E-state index in [1.807, 2.05) is 25.1 Å². The molecule has 0 radical (unpaired) electrons. The molecule has 1 N–H and O–H groups in total. The second-order valence-corrected chi connectivity index (χ2v) is 5.60. The first-order valence-electron chi connectivity index (χ1n) is 7.69. The monoisotopic (exact) mass is 291 g/mol. The van der Waals surface area contributed by atoms with Crippen LogP contribution in [0.15, 0.2) is 30.3 Å². The first kappa shape index (κ1) is 16.0. The highest BCUT2D eigenvalue weighted by Crippen LogP contribution is 2.31. The van der Waals surface area contributed by atoms with Gasteiger partial charge in [0.25, 0.3) is 0 Å². The van der Waals surface area contributed by atoms with E-state index < -0.39 is 5.54 Å². The van der Waals surface area contributed by atoms with Gasteiger partial charge in [0.15, 0.2) is 0 Å². The van der Waals surface area contributed by atoms with Gasteiger partial charge in [0.05, 0.1) is 12.7 Å². The molecule has 0 heterocycles. The van der Waals surface area contributed by atoms with Crippen LogP contribution in [0.25, 0.3) is 0 Å². The molecule has 4 nitrogen and oxygen atoms in total. The average molecular weight is 291 g/mol. The summed E-state index contributed by atoms with van der Waals surface area (Å²) in [5, 5.41) is 3.45. The smallest absolute Gasteiger partial charge is 0.326 e. The van der Waals surface area contributed by atoms with Crippen molar-refractivity contribution in [3.63, 3.8) is 0 Å². The van der Waals surface area contributed by atoms with Gasteiger partial charge in [-0.1, -0.05) is 30.3 Å². The zero-order valence-electron chi connectivity index (χ0n) is 12.9. The maximum Gasteiger partial charge on any atom is 0.326 e. The van der Waals surface area contributed by atoms with Crippen molar-refractivity contribution >= 4 is 5.97 Å². The molecule has 116 valence electrons. The molecule has 0 saturated heterocycles. The van der Waals surface area contributed by atoms with Crippen molar-refractivity contribution in [3.05, 3.63) is 35.9 Å². The number of benzene rings is 1. The van der Waals surface area contributed by atoms with Crippen LogP contribution in [0.4, 0.5) is 0 Å². The third-order valence-electron chi connectivity index (χ3n) is 4.18. The van der Waals surface area contributed by atoms with Crippen molar-refractivity contribution in [2.75, 3.05) is 13.7 Å². The van der Waals surface area contributed by atoms with Crippen molar-refractivity contribution in [3.8, 4) is 0 Å². The Balaban J connectivity index is 2.09. The number of ether oxygens (including phenoxy) is 2. The van der Waals surface area contributed by atoms with Crippen LogP contribution in [-0.2, 0) is 20.8 Å². The summed E-state index contributed by atoms with van der Waals surface area (Å²) in [6.45, 7) is 2.92. The van der Waals surface area contributed by atoms with Crippen LogP contribution in [-0.4, -0.2) is 31.3 Å². The van der Waals surface area contributed by atoms with E-state index in [4.69, 9.17) is 9.47 Å². The lowest BCUT2D eigenvalue weighted by molar-refractivity contribution is -0.155. The molecule has 1 aliphatic rings. The van der Waals surface area contributed by atoms with E-state index in [0.717, 1.165) is 19.3 Å². The van der Waals surface area contributed by atoms with Crippen molar-refractivity contribution in [2.24, 2.45) is 0 Å². The summed E-state index contributed by atoms with van der Waals surface area (Å²) < 4.78 is 10.8. The average Bonchev–Trinajstić information content (AvgIpc) is 2.54. The number of esters is 1. The summed E-state index contributed by atoms with van der Waals surface area (Å²) in [6, 6.07) is 10.1. The summed E-state index contributed by atoms with van der Waals surface area (Å²) in [6.07, 6.45) is 3.57. The Morgan fingerprint density at radius 3 is 2.81 bits per heavy atom. The van der Waals surface area contributed by atoms with E-state index in [2.05, 4.69) is 17.4 Å². The van der Waals surface area contributed by atoms with Gasteiger partial charge in [-0.3, -0.25) is 10.1 Å². The molecule has 1 saturated carbocycles. The number of methoxy groups -OCH3 is 1. The second kappa shape index (κ2) is 7.57. The number of carbonyl (C=O) groups is 1. The van der Waals surface area contributed by atoms with E-state index >= 15 is 0 Å². The van der Waals surface area contributed by atoms with Crippen molar-refractivity contribution in [2.45, 2.75) is 50.8 Å². The fourth-order valence-corrected chi connectivity index (χ4v) is 2.98. The lowest BCUT2D eigenvalue weighted by atomic mass is 9.79. The summed E-state index contributed by atoms with van der Waals surface area (Å²) in [4.78, 5) is 12.5. The number of nitrogens with one attached hydrogen (secondary N) is 1. The third kappa shape index (κ3) is 4.05. The van der Waals surface area contributed by atoms with Gasteiger partial charge < -0.3 is 9.47 Å². The molecule has 4 heteroatoms. The lowest BCUT2D eigenvalue weighted by Crippen LogP contribution is -2.56. The minimum atomic E-state index is -0.620. The SMILES string of the molecule is CCOC(=O)C1(NCc2ccccc2)CCCC(OC)C1. The summed E-state index contributed by atoms with van der Waals surface area (Å²) in [5.74, 6) is -0.150. The van der Waals surface area contributed by atoms with Gasteiger partial charge in [0.1, 0.15) is 5.54 Å². The Bertz CT molecular complexity index is 449. The first-order chi connectivity index (χ1) is 10.2. The molecule has 0 amide bonds. The van der Waals surface area contributed by atoms with Crippen LogP contribution in [0.5, 0.6) is 0 Å². The molecule has 2 unspecified atom stereocenters. The normalized spacial score (nSPS) is 25.5. The van der Waals surface area contributed by atoms with Gasteiger partial charge in [0, 0.05) is 20.1 Å². The van der Waals surface area contributed by atoms with Crippen molar-refractivity contribution in [1.29, 1.82) is 0 Å². The number of hydrogen-bond acceptors (Lipinski definition) is 4. The minimum Gasteiger partial charge on any atom is -0.465 e. The topological polar surface area (TPSA) is 47.6 Å². The van der Waals surface area contributed by atoms with Crippen LogP contribution in [0.2, 0.25) is 0 Å². The number of carbonyl (C=O) groups excluding carboxylic acids is 1. The van der Waals surface area contributed by atoms with E-state index in [0.29, 0.717) is 19.6 Å². The Labute approximate surface area is 126 Å². The Hall–Kier alpha value is -1.39.